The summed E-state index contributed by atoms with van der Waals surface area (Å²) in [5, 5.41) is 5.74. The molecule has 0 fully saturated rings. The number of esters is 1. The fourth-order valence-electron chi connectivity index (χ4n) is 4.61. The third-order valence-electron chi connectivity index (χ3n) is 6.22. The third-order valence-corrected chi connectivity index (χ3v) is 6.22. The summed E-state index contributed by atoms with van der Waals surface area (Å²) in [6.45, 7) is 6.14. The van der Waals surface area contributed by atoms with E-state index in [0.29, 0.717) is 34.9 Å². The molecule has 33 heavy (non-hydrogen) atoms. The average Bonchev–Trinajstić information content (AvgIpc) is 3.29. The number of urea groups is 1. The summed E-state index contributed by atoms with van der Waals surface area (Å²) in [5.74, 6) is 0.485. The number of nitrogens with one attached hydrogen (secondary N) is 2. The van der Waals surface area contributed by atoms with E-state index >= 15 is 0 Å². The second kappa shape index (κ2) is 9.58. The van der Waals surface area contributed by atoms with E-state index in [4.69, 9.17) is 14.2 Å². The highest BCUT2D eigenvalue weighted by molar-refractivity contribution is 5.95. The maximum atomic E-state index is 13.2. The van der Waals surface area contributed by atoms with Crippen molar-refractivity contribution in [3.63, 3.8) is 0 Å². The van der Waals surface area contributed by atoms with Gasteiger partial charge < -0.3 is 29.4 Å². The van der Waals surface area contributed by atoms with Crippen LogP contribution in [0.3, 0.4) is 0 Å². The first-order valence-electron chi connectivity index (χ1n) is 11.1. The Hall–Kier alpha value is -3.46. The van der Waals surface area contributed by atoms with Gasteiger partial charge in [-0.15, -0.1) is 0 Å². The van der Waals surface area contributed by atoms with E-state index < -0.39 is 12.0 Å². The van der Waals surface area contributed by atoms with Crippen molar-refractivity contribution in [2.24, 2.45) is 0 Å². The van der Waals surface area contributed by atoms with Gasteiger partial charge in [0.1, 0.15) is 0 Å². The first-order valence-corrected chi connectivity index (χ1v) is 11.1. The van der Waals surface area contributed by atoms with E-state index in [-0.39, 0.29) is 18.7 Å². The Kier molecular flexibility index (Phi) is 6.60. The molecule has 2 N–H and O–H groups in total. The molecule has 0 unspecified atom stereocenters. The predicted molar refractivity (Wildman–Crippen MR) is 122 cm³/mol. The van der Waals surface area contributed by atoms with Gasteiger partial charge in [-0.25, -0.2) is 9.59 Å². The second-order valence-corrected chi connectivity index (χ2v) is 8.00. The highest BCUT2D eigenvalue weighted by Gasteiger charge is 2.37. The van der Waals surface area contributed by atoms with Gasteiger partial charge in [-0.1, -0.05) is 12.1 Å². The van der Waals surface area contributed by atoms with E-state index in [1.165, 1.54) is 12.8 Å². The molecule has 176 valence electrons. The number of carbonyl (C=O) groups excluding carboxylic acids is 2. The summed E-state index contributed by atoms with van der Waals surface area (Å²) in [6.07, 6.45) is 2.07. The Morgan fingerprint density at radius 3 is 2.70 bits per heavy atom. The molecule has 0 aliphatic carbocycles. The number of ether oxygens (including phenoxy) is 3. The van der Waals surface area contributed by atoms with Crippen LogP contribution in [0.1, 0.15) is 37.2 Å². The minimum atomic E-state index is -0.748. The molecule has 2 amide bonds. The van der Waals surface area contributed by atoms with Crippen molar-refractivity contribution in [3.05, 3.63) is 59.1 Å². The van der Waals surface area contributed by atoms with Crippen molar-refractivity contribution in [1.29, 1.82) is 0 Å². The molecule has 2 aliphatic heterocycles. The van der Waals surface area contributed by atoms with Gasteiger partial charge in [0, 0.05) is 48.8 Å². The van der Waals surface area contributed by atoms with E-state index in [2.05, 4.69) is 39.3 Å². The Balaban J connectivity index is 1.77. The largest absolute Gasteiger partial charge is 0.493 e. The van der Waals surface area contributed by atoms with Crippen molar-refractivity contribution in [3.8, 4) is 11.5 Å². The van der Waals surface area contributed by atoms with Crippen LogP contribution in [0.2, 0.25) is 0 Å². The van der Waals surface area contributed by atoms with Crippen molar-refractivity contribution in [1.82, 2.24) is 20.1 Å². The maximum Gasteiger partial charge on any atom is 0.338 e. The molecule has 2 aliphatic rings. The number of benzene rings is 1. The molecule has 0 radical (unpaired) electrons. The Labute approximate surface area is 193 Å². The van der Waals surface area contributed by atoms with Gasteiger partial charge in [-0.3, -0.25) is 4.90 Å². The number of hydrogen-bond acceptors (Lipinski definition) is 6. The Morgan fingerprint density at radius 1 is 1.15 bits per heavy atom. The number of methoxy groups -OCH3 is 2. The van der Waals surface area contributed by atoms with Gasteiger partial charge in [0.25, 0.3) is 0 Å². The van der Waals surface area contributed by atoms with Crippen LogP contribution < -0.4 is 20.1 Å². The van der Waals surface area contributed by atoms with E-state index in [9.17, 15) is 9.59 Å². The van der Waals surface area contributed by atoms with Crippen molar-refractivity contribution in [2.45, 2.75) is 32.5 Å². The van der Waals surface area contributed by atoms with Crippen LogP contribution in [0.4, 0.5) is 4.79 Å². The third kappa shape index (κ3) is 4.28. The zero-order valence-corrected chi connectivity index (χ0v) is 19.4. The summed E-state index contributed by atoms with van der Waals surface area (Å²) in [6, 6.07) is 8.51. The summed E-state index contributed by atoms with van der Waals surface area (Å²) < 4.78 is 18.7. The molecule has 3 heterocycles. The molecule has 0 spiro atoms. The number of rotatable bonds is 7. The summed E-state index contributed by atoms with van der Waals surface area (Å²) in [4.78, 5) is 28.1. The monoisotopic (exact) mass is 454 g/mol. The van der Waals surface area contributed by atoms with Gasteiger partial charge in [0.05, 0.1) is 32.4 Å². The molecular formula is C24H30N4O5. The number of aromatic nitrogens is 1. The second-order valence-electron chi connectivity index (χ2n) is 8.00. The first kappa shape index (κ1) is 22.7. The summed E-state index contributed by atoms with van der Waals surface area (Å²) in [5.41, 5.74) is 2.70. The smallest absolute Gasteiger partial charge is 0.338 e. The number of amides is 2. The van der Waals surface area contributed by atoms with Crippen LogP contribution >= 0.6 is 0 Å². The first-order chi connectivity index (χ1) is 16.0. The zero-order valence-electron chi connectivity index (χ0n) is 19.4. The molecule has 9 nitrogen and oxygen atoms in total. The standard InChI is InChI=1S/C24H30N4O5/c1-5-33-23(29)20-17(14-28-13-12-27-11-7-9-18(27)15(28)2)25-24(30)26-21(20)16-8-6-10-19(31-3)22(16)32-4/h6-11,15,21H,5,12-14H2,1-4H3,(H2,25,26,30)/t15-,21+/m1/s1. The molecule has 1 aromatic carbocycles. The molecular weight excluding hydrogens is 424 g/mol. The number of fused-ring (bicyclic) bond motifs is 1. The van der Waals surface area contributed by atoms with E-state index in [1.807, 2.05) is 12.1 Å². The highest BCUT2D eigenvalue weighted by atomic mass is 16.5. The summed E-state index contributed by atoms with van der Waals surface area (Å²) in [7, 11) is 3.08. The lowest BCUT2D eigenvalue weighted by molar-refractivity contribution is -0.139. The normalized spacial score (nSPS) is 20.5. The fraction of sp³-hybridized carbons (Fsp3) is 0.417. The van der Waals surface area contributed by atoms with Crippen LogP contribution in [0.5, 0.6) is 11.5 Å². The minimum Gasteiger partial charge on any atom is -0.493 e. The number of nitrogens with zero attached hydrogens (tertiary/aromatic N) is 2. The average molecular weight is 455 g/mol. The quantitative estimate of drug-likeness (QED) is 0.625. The van der Waals surface area contributed by atoms with Crippen LogP contribution in [0, 0.1) is 0 Å². The SMILES string of the molecule is CCOC(=O)C1=C(CN2CCn3cccc3[C@H]2C)NC(=O)N[C@H]1c1cccc(OC)c1OC. The van der Waals surface area contributed by atoms with Crippen LogP contribution in [0.25, 0.3) is 0 Å². The molecule has 1 aromatic heterocycles. The maximum absolute atomic E-state index is 13.2. The molecule has 0 bridgehead atoms. The number of carbonyl (C=O) groups is 2. The van der Waals surface area contributed by atoms with Crippen LogP contribution in [-0.2, 0) is 16.1 Å². The predicted octanol–water partition coefficient (Wildman–Crippen LogP) is 2.75. The van der Waals surface area contributed by atoms with Crippen LogP contribution in [0.15, 0.2) is 47.8 Å². The van der Waals surface area contributed by atoms with E-state index in [1.54, 1.807) is 26.2 Å². The highest BCUT2D eigenvalue weighted by Crippen LogP contribution is 2.39. The Bertz CT molecular complexity index is 1080. The van der Waals surface area contributed by atoms with Gasteiger partial charge in [-0.2, -0.15) is 0 Å². The van der Waals surface area contributed by atoms with Gasteiger partial charge in [-0.05, 0) is 32.0 Å². The molecule has 0 saturated carbocycles. The zero-order chi connectivity index (χ0) is 23.5. The molecule has 2 atom stereocenters. The van der Waals surface area contributed by atoms with Gasteiger partial charge >= 0.3 is 12.0 Å². The van der Waals surface area contributed by atoms with Gasteiger partial charge in [0.2, 0.25) is 0 Å². The lowest BCUT2D eigenvalue weighted by Crippen LogP contribution is -2.49. The van der Waals surface area contributed by atoms with Crippen molar-refractivity contribution < 1.29 is 23.8 Å². The minimum absolute atomic E-state index is 0.126. The molecule has 0 saturated heterocycles. The van der Waals surface area contributed by atoms with Crippen molar-refractivity contribution in [2.75, 3.05) is 33.9 Å². The lowest BCUT2D eigenvalue weighted by Gasteiger charge is -2.37. The topological polar surface area (TPSA) is 94.1 Å². The molecule has 2 aromatic rings. The molecule has 9 heteroatoms. The Morgan fingerprint density at radius 2 is 1.97 bits per heavy atom. The lowest BCUT2D eigenvalue weighted by atomic mass is 9.93. The van der Waals surface area contributed by atoms with Crippen molar-refractivity contribution >= 4 is 12.0 Å². The summed E-state index contributed by atoms with van der Waals surface area (Å²) >= 11 is 0. The fourth-order valence-corrected chi connectivity index (χ4v) is 4.61. The van der Waals surface area contributed by atoms with E-state index in [0.717, 1.165) is 13.1 Å². The molecule has 4 rings (SSSR count). The number of para-hydroxylation sites is 1. The number of hydrogen-bond donors (Lipinski definition) is 2. The van der Waals surface area contributed by atoms with Crippen LogP contribution in [-0.4, -0.2) is 55.4 Å². The van der Waals surface area contributed by atoms with Gasteiger partial charge in [0.15, 0.2) is 11.5 Å².